The first-order valence-corrected chi connectivity index (χ1v) is 11.5. The van der Waals surface area contributed by atoms with Crippen LogP contribution < -0.4 is 20.1 Å². The number of carbonyl (C=O) groups is 2. The van der Waals surface area contributed by atoms with Gasteiger partial charge in [0.1, 0.15) is 5.75 Å². The fourth-order valence-corrected chi connectivity index (χ4v) is 3.98. The van der Waals surface area contributed by atoms with Crippen LogP contribution in [0.2, 0.25) is 0 Å². The Morgan fingerprint density at radius 3 is 2.30 bits per heavy atom. The van der Waals surface area contributed by atoms with Gasteiger partial charge in [0.05, 0.1) is 30.3 Å². The second-order valence-electron chi connectivity index (χ2n) is 7.08. The lowest BCUT2D eigenvalue weighted by Crippen LogP contribution is -2.38. The lowest BCUT2D eigenvalue weighted by atomic mass is 10.2. The number of benzene rings is 2. The Hall–Kier alpha value is -3.92. The summed E-state index contributed by atoms with van der Waals surface area (Å²) in [5.74, 6) is -0.269. The molecule has 0 bridgehead atoms. The van der Waals surface area contributed by atoms with Gasteiger partial charge < -0.3 is 15.4 Å². The highest BCUT2D eigenvalue weighted by atomic mass is 32.2. The van der Waals surface area contributed by atoms with Crippen LogP contribution >= 0.6 is 0 Å². The lowest BCUT2D eigenvalue weighted by molar-refractivity contribution is -0.120. The molecule has 10 heteroatoms. The van der Waals surface area contributed by atoms with Crippen molar-refractivity contribution in [3.63, 3.8) is 0 Å². The van der Waals surface area contributed by atoms with E-state index in [1.54, 1.807) is 37.4 Å². The number of nitrogens with zero attached hydrogens (tertiary/aromatic N) is 1. The molecule has 0 aliphatic carbocycles. The second kappa shape index (κ2) is 10.6. The maximum absolute atomic E-state index is 12.5. The molecule has 1 unspecified atom stereocenters. The molecular formula is C23H24N4O5S. The highest BCUT2D eigenvalue weighted by Crippen LogP contribution is 2.19. The minimum absolute atomic E-state index is 0.0797. The maximum atomic E-state index is 12.5. The monoisotopic (exact) mass is 468 g/mol. The van der Waals surface area contributed by atoms with E-state index < -0.39 is 15.9 Å². The van der Waals surface area contributed by atoms with Gasteiger partial charge in [-0.15, -0.1) is 0 Å². The molecule has 2 amide bonds. The average molecular weight is 469 g/mol. The molecule has 0 spiro atoms. The van der Waals surface area contributed by atoms with Crippen LogP contribution in [0.15, 0.2) is 77.8 Å². The molecule has 1 atom stereocenters. The Balaban J connectivity index is 1.53. The van der Waals surface area contributed by atoms with E-state index in [0.717, 1.165) is 0 Å². The largest absolute Gasteiger partial charge is 0.497 e. The molecule has 33 heavy (non-hydrogen) atoms. The van der Waals surface area contributed by atoms with Crippen LogP contribution in [0.4, 0.5) is 5.69 Å². The Morgan fingerprint density at radius 2 is 1.70 bits per heavy atom. The first-order chi connectivity index (χ1) is 15.8. The number of ether oxygens (including phenoxy) is 1. The number of hydrogen-bond donors (Lipinski definition) is 3. The number of aromatic nitrogens is 1. The number of hydrogen-bond acceptors (Lipinski definition) is 6. The van der Waals surface area contributed by atoms with Crippen molar-refractivity contribution in [2.75, 3.05) is 18.4 Å². The summed E-state index contributed by atoms with van der Waals surface area (Å²) in [6, 6.07) is 17.0. The van der Waals surface area contributed by atoms with Crippen molar-refractivity contribution in [2.45, 2.75) is 17.9 Å². The van der Waals surface area contributed by atoms with Crippen LogP contribution in [0.25, 0.3) is 0 Å². The van der Waals surface area contributed by atoms with E-state index in [-0.39, 0.29) is 29.0 Å². The number of pyridine rings is 1. The van der Waals surface area contributed by atoms with Gasteiger partial charge in [-0.05, 0) is 67.6 Å². The summed E-state index contributed by atoms with van der Waals surface area (Å²) in [6.45, 7) is 1.59. The zero-order chi connectivity index (χ0) is 23.8. The minimum atomic E-state index is -3.79. The predicted octanol–water partition coefficient (Wildman–Crippen LogP) is 2.50. The molecule has 0 radical (unpaired) electrons. The fourth-order valence-electron chi connectivity index (χ4n) is 2.92. The molecule has 2 aromatic carbocycles. The third-order valence-corrected chi connectivity index (χ3v) is 6.08. The quantitative estimate of drug-likeness (QED) is 0.443. The summed E-state index contributed by atoms with van der Waals surface area (Å²) in [5, 5.41) is 5.30. The first kappa shape index (κ1) is 23.7. The van der Waals surface area contributed by atoms with E-state index in [0.29, 0.717) is 17.1 Å². The van der Waals surface area contributed by atoms with Crippen LogP contribution in [0.5, 0.6) is 5.75 Å². The molecule has 0 saturated carbocycles. The Kier molecular flexibility index (Phi) is 7.62. The van der Waals surface area contributed by atoms with Crippen LogP contribution in [-0.4, -0.2) is 38.9 Å². The van der Waals surface area contributed by atoms with Crippen molar-refractivity contribution in [1.82, 2.24) is 15.6 Å². The zero-order valence-corrected chi connectivity index (χ0v) is 18.9. The molecule has 3 rings (SSSR count). The van der Waals surface area contributed by atoms with Gasteiger partial charge in [-0.25, -0.2) is 8.42 Å². The highest BCUT2D eigenvalue weighted by Gasteiger charge is 2.15. The van der Waals surface area contributed by atoms with Gasteiger partial charge in [0, 0.05) is 17.4 Å². The number of carbonyl (C=O) groups excluding carboxylic acids is 2. The SMILES string of the molecule is COc1ccc(S(=O)(=O)Nc2ccc(C(=O)NCC(=O)NC(C)c3ccccn3)cc2)cc1. The number of nitrogens with one attached hydrogen (secondary N) is 3. The molecule has 1 heterocycles. The summed E-state index contributed by atoms with van der Waals surface area (Å²) < 4.78 is 32.5. The molecule has 1 aromatic heterocycles. The molecule has 0 aliphatic heterocycles. The van der Waals surface area contributed by atoms with Crippen LogP contribution in [0, 0.1) is 0 Å². The van der Waals surface area contributed by atoms with E-state index in [1.165, 1.54) is 43.5 Å². The van der Waals surface area contributed by atoms with Crippen molar-refractivity contribution in [2.24, 2.45) is 0 Å². The first-order valence-electron chi connectivity index (χ1n) is 10.0. The molecule has 172 valence electrons. The smallest absolute Gasteiger partial charge is 0.261 e. The Morgan fingerprint density at radius 1 is 1.00 bits per heavy atom. The number of rotatable bonds is 9. The third-order valence-electron chi connectivity index (χ3n) is 4.69. The van der Waals surface area contributed by atoms with Gasteiger partial charge in [0.15, 0.2) is 0 Å². The lowest BCUT2D eigenvalue weighted by Gasteiger charge is -2.13. The molecule has 0 saturated heterocycles. The van der Waals surface area contributed by atoms with Gasteiger partial charge in [-0.1, -0.05) is 6.07 Å². The maximum Gasteiger partial charge on any atom is 0.261 e. The molecule has 3 N–H and O–H groups in total. The van der Waals surface area contributed by atoms with E-state index in [1.807, 2.05) is 6.07 Å². The highest BCUT2D eigenvalue weighted by molar-refractivity contribution is 7.92. The second-order valence-corrected chi connectivity index (χ2v) is 8.77. The van der Waals surface area contributed by atoms with Crippen LogP contribution in [0.1, 0.15) is 29.0 Å². The van der Waals surface area contributed by atoms with E-state index in [4.69, 9.17) is 4.74 Å². The Labute approximate surface area is 192 Å². The van der Waals surface area contributed by atoms with E-state index >= 15 is 0 Å². The summed E-state index contributed by atoms with van der Waals surface area (Å²) in [5.41, 5.74) is 1.29. The van der Waals surface area contributed by atoms with Crippen molar-refractivity contribution < 1.29 is 22.7 Å². The molecule has 9 nitrogen and oxygen atoms in total. The number of amides is 2. The fraction of sp³-hybridized carbons (Fsp3) is 0.174. The normalized spacial score (nSPS) is 11.8. The number of sulfonamides is 1. The average Bonchev–Trinajstić information content (AvgIpc) is 2.83. The van der Waals surface area contributed by atoms with Crippen molar-refractivity contribution in [3.05, 3.63) is 84.2 Å². The summed E-state index contributed by atoms with van der Waals surface area (Å²) >= 11 is 0. The van der Waals surface area contributed by atoms with Gasteiger partial charge in [0.25, 0.3) is 15.9 Å². The molecule has 3 aromatic rings. The van der Waals surface area contributed by atoms with Gasteiger partial charge >= 0.3 is 0 Å². The topological polar surface area (TPSA) is 126 Å². The van der Waals surface area contributed by atoms with Crippen LogP contribution in [-0.2, 0) is 14.8 Å². The Bertz CT molecular complexity index is 1200. The number of anilines is 1. The summed E-state index contributed by atoms with van der Waals surface area (Å²) in [4.78, 5) is 28.7. The van der Waals surface area contributed by atoms with E-state index in [2.05, 4.69) is 20.3 Å². The van der Waals surface area contributed by atoms with Crippen molar-refractivity contribution >= 4 is 27.5 Å². The van der Waals surface area contributed by atoms with Gasteiger partial charge in [0.2, 0.25) is 5.91 Å². The van der Waals surface area contributed by atoms with Gasteiger partial charge in [-0.3, -0.25) is 19.3 Å². The van der Waals surface area contributed by atoms with Crippen molar-refractivity contribution in [1.29, 1.82) is 0 Å². The van der Waals surface area contributed by atoms with Crippen molar-refractivity contribution in [3.8, 4) is 5.75 Å². The molecular weight excluding hydrogens is 444 g/mol. The number of methoxy groups -OCH3 is 1. The predicted molar refractivity (Wildman–Crippen MR) is 123 cm³/mol. The minimum Gasteiger partial charge on any atom is -0.497 e. The van der Waals surface area contributed by atoms with Gasteiger partial charge in [-0.2, -0.15) is 0 Å². The standard InChI is InChI=1S/C23H24N4O5S/c1-16(21-5-3-4-14-24-21)26-22(28)15-25-23(29)17-6-8-18(9-7-17)27-33(30,31)20-12-10-19(32-2)11-13-20/h3-14,16,27H,15H2,1-2H3,(H,25,29)(H,26,28). The van der Waals surface area contributed by atoms with Crippen LogP contribution in [0.3, 0.4) is 0 Å². The van der Waals surface area contributed by atoms with E-state index in [9.17, 15) is 18.0 Å². The molecule has 0 fully saturated rings. The zero-order valence-electron chi connectivity index (χ0n) is 18.1. The third kappa shape index (κ3) is 6.53. The summed E-state index contributed by atoms with van der Waals surface area (Å²) in [6.07, 6.45) is 1.64. The summed E-state index contributed by atoms with van der Waals surface area (Å²) in [7, 11) is -2.30. The molecule has 0 aliphatic rings.